The van der Waals surface area contributed by atoms with Crippen molar-refractivity contribution >= 4 is 19.9 Å². The Bertz CT molecular complexity index is 1150. The normalized spacial score (nSPS) is 24.6. The van der Waals surface area contributed by atoms with E-state index in [1.165, 1.54) is 22.7 Å². The maximum absolute atomic E-state index is 13.6. The molecule has 0 N–H and O–H groups in total. The first kappa shape index (κ1) is 22.3. The van der Waals surface area contributed by atoms with Crippen LogP contribution in [0.25, 0.3) is 0 Å². The SMILES string of the molecule is CS(=O)(=O)c1ccc(CN2C[C@@H]3OCCS(=O)(=O)N(Cc4cccc(F)c4)[C@@H]3C2)cc1. The lowest BCUT2D eigenvalue weighted by Gasteiger charge is -2.28. The van der Waals surface area contributed by atoms with Crippen molar-refractivity contribution < 1.29 is 26.0 Å². The fraction of sp³-hybridized carbons (Fsp3) is 0.429. The van der Waals surface area contributed by atoms with Gasteiger partial charge in [0.15, 0.2) is 9.84 Å². The number of nitrogens with zero attached hydrogens (tertiary/aromatic N) is 2. The van der Waals surface area contributed by atoms with Crippen molar-refractivity contribution in [2.75, 3.05) is 31.7 Å². The molecule has 2 heterocycles. The summed E-state index contributed by atoms with van der Waals surface area (Å²) >= 11 is 0. The van der Waals surface area contributed by atoms with Gasteiger partial charge in [-0.25, -0.2) is 21.2 Å². The Hall–Kier alpha value is -1.85. The fourth-order valence-electron chi connectivity index (χ4n) is 4.16. The maximum Gasteiger partial charge on any atom is 0.217 e. The molecule has 0 aromatic heterocycles. The van der Waals surface area contributed by atoms with Gasteiger partial charge < -0.3 is 4.74 Å². The fourth-order valence-corrected chi connectivity index (χ4v) is 6.29. The number of hydrogen-bond donors (Lipinski definition) is 0. The minimum atomic E-state index is -3.55. The third-order valence-corrected chi connectivity index (χ3v) is 8.62. The third kappa shape index (κ3) is 5.15. The minimum absolute atomic E-state index is 0.0950. The summed E-state index contributed by atoms with van der Waals surface area (Å²) in [4.78, 5) is 2.36. The van der Waals surface area contributed by atoms with Crippen LogP contribution in [0.3, 0.4) is 0 Å². The van der Waals surface area contributed by atoms with Crippen LogP contribution in [0, 0.1) is 5.82 Å². The van der Waals surface area contributed by atoms with Crippen LogP contribution in [-0.4, -0.2) is 69.9 Å². The highest BCUT2D eigenvalue weighted by molar-refractivity contribution is 7.90. The molecule has 2 aromatic carbocycles. The van der Waals surface area contributed by atoms with Gasteiger partial charge in [0.2, 0.25) is 10.0 Å². The molecule has 0 bridgehead atoms. The van der Waals surface area contributed by atoms with Crippen LogP contribution in [0.4, 0.5) is 4.39 Å². The minimum Gasteiger partial charge on any atom is -0.374 e. The molecule has 0 aliphatic carbocycles. The Balaban J connectivity index is 1.52. The lowest BCUT2D eigenvalue weighted by Crippen LogP contribution is -2.45. The number of sulfonamides is 1. The van der Waals surface area contributed by atoms with Crippen LogP contribution in [-0.2, 0) is 37.7 Å². The van der Waals surface area contributed by atoms with E-state index in [0.717, 1.165) is 5.56 Å². The van der Waals surface area contributed by atoms with Gasteiger partial charge in [-0.05, 0) is 35.4 Å². The van der Waals surface area contributed by atoms with Gasteiger partial charge >= 0.3 is 0 Å². The van der Waals surface area contributed by atoms with Crippen molar-refractivity contribution in [1.29, 1.82) is 0 Å². The second kappa shape index (κ2) is 8.59. The molecule has 0 amide bonds. The average Bonchev–Trinajstić information content (AvgIpc) is 3.03. The summed E-state index contributed by atoms with van der Waals surface area (Å²) < 4.78 is 70.1. The van der Waals surface area contributed by atoms with Gasteiger partial charge in [-0.3, -0.25) is 4.90 Å². The van der Waals surface area contributed by atoms with Gasteiger partial charge in [-0.1, -0.05) is 24.3 Å². The number of sulfone groups is 1. The molecule has 0 spiro atoms. The molecule has 4 rings (SSSR count). The quantitative estimate of drug-likeness (QED) is 0.664. The van der Waals surface area contributed by atoms with E-state index >= 15 is 0 Å². The van der Waals surface area contributed by atoms with Crippen molar-refractivity contribution in [3.8, 4) is 0 Å². The van der Waals surface area contributed by atoms with Crippen LogP contribution in [0.15, 0.2) is 53.4 Å². The number of rotatable bonds is 5. The molecule has 0 saturated carbocycles. The van der Waals surface area contributed by atoms with Crippen molar-refractivity contribution in [1.82, 2.24) is 9.21 Å². The lowest BCUT2D eigenvalue weighted by atomic mass is 10.1. The van der Waals surface area contributed by atoms with E-state index < -0.39 is 25.7 Å². The Morgan fingerprint density at radius 1 is 1.06 bits per heavy atom. The highest BCUT2D eigenvalue weighted by atomic mass is 32.2. The standard InChI is InChI=1S/C21H25FN2O5S2/c1-30(25,26)19-7-5-16(6-8-19)12-23-14-20-21(15-23)29-9-10-31(27,28)24(20)13-17-3-2-4-18(22)11-17/h2-8,11,20-21H,9-10,12-15H2,1H3/t20-,21+/m1/s1. The first-order valence-electron chi connectivity index (χ1n) is 9.99. The number of hydrogen-bond acceptors (Lipinski definition) is 6. The molecular formula is C21H25FN2O5S2. The van der Waals surface area contributed by atoms with Gasteiger partial charge in [0, 0.05) is 32.4 Å². The molecule has 0 radical (unpaired) electrons. The van der Waals surface area contributed by atoms with E-state index in [9.17, 15) is 21.2 Å². The highest BCUT2D eigenvalue weighted by Crippen LogP contribution is 2.28. The molecule has 31 heavy (non-hydrogen) atoms. The van der Waals surface area contributed by atoms with Gasteiger partial charge in [0.25, 0.3) is 0 Å². The monoisotopic (exact) mass is 468 g/mol. The molecule has 2 atom stereocenters. The molecule has 7 nitrogen and oxygen atoms in total. The molecule has 2 saturated heterocycles. The molecule has 2 fully saturated rings. The molecule has 10 heteroatoms. The Morgan fingerprint density at radius 2 is 1.81 bits per heavy atom. The van der Waals surface area contributed by atoms with Crippen molar-refractivity contribution in [2.45, 2.75) is 30.1 Å². The zero-order valence-electron chi connectivity index (χ0n) is 17.1. The molecule has 0 unspecified atom stereocenters. The summed E-state index contributed by atoms with van der Waals surface area (Å²) in [6.45, 7) is 1.82. The van der Waals surface area contributed by atoms with Crippen LogP contribution in [0.2, 0.25) is 0 Å². The van der Waals surface area contributed by atoms with Crippen molar-refractivity contribution in [2.24, 2.45) is 0 Å². The van der Waals surface area contributed by atoms with E-state index in [1.807, 2.05) is 0 Å². The molecule has 2 aliphatic heterocycles. The maximum atomic E-state index is 13.6. The van der Waals surface area contributed by atoms with E-state index in [2.05, 4.69) is 4.90 Å². The van der Waals surface area contributed by atoms with E-state index in [-0.39, 0.29) is 35.9 Å². The highest BCUT2D eigenvalue weighted by Gasteiger charge is 2.44. The third-order valence-electron chi connectivity index (χ3n) is 5.70. The summed E-state index contributed by atoms with van der Waals surface area (Å²) in [5.41, 5.74) is 1.53. The summed E-state index contributed by atoms with van der Waals surface area (Å²) in [5, 5.41) is 0. The topological polar surface area (TPSA) is 84.0 Å². The number of likely N-dealkylation sites (tertiary alicyclic amines) is 1. The lowest BCUT2D eigenvalue weighted by molar-refractivity contribution is 0.0458. The van der Waals surface area contributed by atoms with Crippen LogP contribution in [0.5, 0.6) is 0 Å². The number of halogens is 1. The Kier molecular flexibility index (Phi) is 6.19. The summed E-state index contributed by atoms with van der Waals surface area (Å²) in [6, 6.07) is 12.3. The molecular weight excluding hydrogens is 443 g/mol. The Morgan fingerprint density at radius 3 is 2.48 bits per heavy atom. The van der Waals surface area contributed by atoms with Crippen molar-refractivity contribution in [3.63, 3.8) is 0 Å². The number of benzene rings is 2. The molecule has 2 aromatic rings. The van der Waals surface area contributed by atoms with Crippen LogP contribution >= 0.6 is 0 Å². The number of fused-ring (bicyclic) bond motifs is 1. The molecule has 168 valence electrons. The first-order valence-corrected chi connectivity index (χ1v) is 13.5. The summed E-state index contributed by atoms with van der Waals surface area (Å²) in [6.07, 6.45) is 0.891. The van der Waals surface area contributed by atoms with Gasteiger partial charge in [-0.15, -0.1) is 0 Å². The van der Waals surface area contributed by atoms with Gasteiger partial charge in [-0.2, -0.15) is 4.31 Å². The average molecular weight is 469 g/mol. The van der Waals surface area contributed by atoms with E-state index in [0.29, 0.717) is 25.2 Å². The zero-order valence-corrected chi connectivity index (χ0v) is 18.8. The summed E-state index contributed by atoms with van der Waals surface area (Å²) in [7, 11) is -6.81. The molecule has 2 aliphatic rings. The second-order valence-electron chi connectivity index (χ2n) is 8.08. The summed E-state index contributed by atoms with van der Waals surface area (Å²) in [5.74, 6) is -0.495. The van der Waals surface area contributed by atoms with E-state index in [1.54, 1.807) is 36.4 Å². The predicted octanol–water partition coefficient (Wildman–Crippen LogP) is 1.64. The van der Waals surface area contributed by atoms with Crippen molar-refractivity contribution in [3.05, 3.63) is 65.5 Å². The van der Waals surface area contributed by atoms with Crippen LogP contribution in [0.1, 0.15) is 11.1 Å². The zero-order chi connectivity index (χ0) is 22.2. The first-order chi connectivity index (χ1) is 14.6. The Labute approximate surface area is 182 Å². The van der Waals surface area contributed by atoms with E-state index in [4.69, 9.17) is 4.74 Å². The van der Waals surface area contributed by atoms with Gasteiger partial charge in [0.05, 0.1) is 29.4 Å². The van der Waals surface area contributed by atoms with Crippen LogP contribution < -0.4 is 0 Å². The largest absolute Gasteiger partial charge is 0.374 e. The second-order valence-corrected chi connectivity index (χ2v) is 12.1. The number of ether oxygens (including phenoxy) is 1. The smallest absolute Gasteiger partial charge is 0.217 e. The predicted molar refractivity (Wildman–Crippen MR) is 114 cm³/mol. The van der Waals surface area contributed by atoms with Gasteiger partial charge in [0.1, 0.15) is 5.82 Å².